The summed E-state index contributed by atoms with van der Waals surface area (Å²) in [6, 6.07) is 4.00. The number of rotatable bonds is 7. The second kappa shape index (κ2) is 8.09. The number of hydrazone groups is 1. The number of hydrogen-bond acceptors (Lipinski definition) is 5. The van der Waals surface area contributed by atoms with Crippen LogP contribution in [0.4, 0.5) is 0 Å². The molecule has 1 aromatic heterocycles. The van der Waals surface area contributed by atoms with Crippen molar-refractivity contribution in [1.82, 2.24) is 20.6 Å². The maximum Gasteiger partial charge on any atom is 0.103 e. The van der Waals surface area contributed by atoms with E-state index in [9.17, 15) is 0 Å². The highest BCUT2D eigenvalue weighted by Gasteiger charge is 2.02. The lowest BCUT2D eigenvalue weighted by Crippen LogP contribution is -2.23. The Kier molecular flexibility index (Phi) is 6.46. The minimum atomic E-state index is 0.727. The van der Waals surface area contributed by atoms with Gasteiger partial charge in [0.2, 0.25) is 0 Å². The second-order valence-electron chi connectivity index (χ2n) is 4.91. The van der Waals surface area contributed by atoms with Gasteiger partial charge in [0, 0.05) is 44.7 Å². The van der Waals surface area contributed by atoms with Gasteiger partial charge in [-0.15, -0.1) is 0 Å². The van der Waals surface area contributed by atoms with Gasteiger partial charge in [-0.1, -0.05) is 13.5 Å². The molecule has 0 aliphatic carbocycles. The minimum Gasteiger partial charge on any atom is -0.375 e. The lowest BCUT2D eigenvalue weighted by molar-refractivity contribution is 0.474. The highest BCUT2D eigenvalue weighted by Crippen LogP contribution is 2.06. The van der Waals surface area contributed by atoms with Gasteiger partial charge in [-0.3, -0.25) is 10.4 Å². The molecule has 0 radical (unpaired) electrons. The van der Waals surface area contributed by atoms with E-state index in [-0.39, 0.29) is 0 Å². The average molecular weight is 287 g/mol. The molecular formula is C16H25N5. The fraction of sp³-hybridized carbons (Fsp3) is 0.375. The van der Waals surface area contributed by atoms with Crippen LogP contribution in [-0.4, -0.2) is 36.7 Å². The molecule has 21 heavy (non-hydrogen) atoms. The lowest BCUT2D eigenvalue weighted by atomic mass is 10.1. The molecule has 0 aromatic carbocycles. The summed E-state index contributed by atoms with van der Waals surface area (Å²) in [6.45, 7) is 8.02. The fourth-order valence-corrected chi connectivity index (χ4v) is 1.83. The molecule has 0 spiro atoms. The molecule has 114 valence electrons. The maximum absolute atomic E-state index is 4.45. The second-order valence-corrected chi connectivity index (χ2v) is 4.91. The lowest BCUT2D eigenvalue weighted by Gasteiger charge is -2.17. The van der Waals surface area contributed by atoms with Gasteiger partial charge in [-0.25, -0.2) is 0 Å². The van der Waals surface area contributed by atoms with Crippen LogP contribution in [0.25, 0.3) is 0 Å². The zero-order valence-electron chi connectivity index (χ0n) is 13.6. The molecule has 1 aromatic rings. The first-order valence-corrected chi connectivity index (χ1v) is 6.99. The molecule has 5 nitrogen and oxygen atoms in total. The van der Waals surface area contributed by atoms with Gasteiger partial charge in [-0.05, 0) is 25.5 Å². The Bertz CT molecular complexity index is 543. The smallest absolute Gasteiger partial charge is 0.103 e. The van der Waals surface area contributed by atoms with E-state index in [1.54, 1.807) is 6.20 Å². The summed E-state index contributed by atoms with van der Waals surface area (Å²) in [6.07, 6.45) is 4.55. The molecule has 0 amide bonds. The van der Waals surface area contributed by atoms with Crippen molar-refractivity contribution >= 4 is 5.71 Å². The number of nitrogens with zero attached hydrogens (tertiary/aromatic N) is 3. The van der Waals surface area contributed by atoms with E-state index in [1.807, 2.05) is 51.2 Å². The minimum absolute atomic E-state index is 0.727. The fourth-order valence-electron chi connectivity index (χ4n) is 1.83. The van der Waals surface area contributed by atoms with Gasteiger partial charge in [0.25, 0.3) is 0 Å². The average Bonchev–Trinajstić information content (AvgIpc) is 2.45. The van der Waals surface area contributed by atoms with Crippen LogP contribution in [0.3, 0.4) is 0 Å². The topological polar surface area (TPSA) is 52.5 Å². The van der Waals surface area contributed by atoms with Crippen LogP contribution in [-0.2, 0) is 0 Å². The van der Waals surface area contributed by atoms with E-state index in [0.717, 1.165) is 34.9 Å². The molecule has 1 rings (SSSR count). The van der Waals surface area contributed by atoms with Gasteiger partial charge in [-0.2, -0.15) is 5.10 Å². The van der Waals surface area contributed by atoms with E-state index in [2.05, 4.69) is 34.3 Å². The maximum atomic E-state index is 4.45. The Morgan fingerprint density at radius 2 is 2.19 bits per heavy atom. The van der Waals surface area contributed by atoms with Gasteiger partial charge in [0.15, 0.2) is 0 Å². The molecule has 5 heteroatoms. The molecule has 1 heterocycles. The van der Waals surface area contributed by atoms with E-state index in [4.69, 9.17) is 0 Å². The van der Waals surface area contributed by atoms with Crippen LogP contribution in [0.15, 0.2) is 47.6 Å². The van der Waals surface area contributed by atoms with Crippen molar-refractivity contribution in [3.05, 3.63) is 53.8 Å². The first kappa shape index (κ1) is 16.8. The summed E-state index contributed by atoms with van der Waals surface area (Å²) in [5, 5.41) is 7.55. The van der Waals surface area contributed by atoms with Crippen molar-refractivity contribution < 1.29 is 0 Å². The number of pyridine rings is 1. The van der Waals surface area contributed by atoms with Crippen LogP contribution >= 0.6 is 0 Å². The first-order valence-electron chi connectivity index (χ1n) is 6.99. The third kappa shape index (κ3) is 5.30. The Morgan fingerprint density at radius 1 is 1.48 bits per heavy atom. The SMILES string of the molecule is C=C(/C=C(/NC)N(C)C)N/N=C(\CC)c1ccnc(C)c1. The van der Waals surface area contributed by atoms with Crippen LogP contribution in [0.1, 0.15) is 24.6 Å². The van der Waals surface area contributed by atoms with E-state index < -0.39 is 0 Å². The third-order valence-electron chi connectivity index (χ3n) is 2.95. The van der Waals surface area contributed by atoms with E-state index in [1.165, 1.54) is 0 Å². The molecule has 0 unspecified atom stereocenters. The summed E-state index contributed by atoms with van der Waals surface area (Å²) in [4.78, 5) is 6.18. The van der Waals surface area contributed by atoms with Crippen LogP contribution in [0, 0.1) is 6.92 Å². The van der Waals surface area contributed by atoms with Crippen molar-refractivity contribution in [3.8, 4) is 0 Å². The molecule has 0 bridgehead atoms. The molecule has 0 aliphatic heterocycles. The quantitative estimate of drug-likeness (QED) is 0.459. The van der Waals surface area contributed by atoms with Crippen molar-refractivity contribution in [2.75, 3.05) is 21.1 Å². The van der Waals surface area contributed by atoms with Crippen molar-refractivity contribution in [3.63, 3.8) is 0 Å². The van der Waals surface area contributed by atoms with E-state index >= 15 is 0 Å². The number of aromatic nitrogens is 1. The van der Waals surface area contributed by atoms with Gasteiger partial charge in [0.05, 0.1) is 11.4 Å². The highest BCUT2D eigenvalue weighted by molar-refractivity contribution is 6.00. The summed E-state index contributed by atoms with van der Waals surface area (Å²) >= 11 is 0. The van der Waals surface area contributed by atoms with Crippen molar-refractivity contribution in [2.45, 2.75) is 20.3 Å². The van der Waals surface area contributed by atoms with E-state index in [0.29, 0.717) is 0 Å². The molecule has 2 N–H and O–H groups in total. The Hall–Kier alpha value is -2.30. The largest absolute Gasteiger partial charge is 0.375 e. The van der Waals surface area contributed by atoms with Gasteiger partial charge < -0.3 is 10.2 Å². The zero-order chi connectivity index (χ0) is 15.8. The number of nitrogens with one attached hydrogen (secondary N) is 2. The highest BCUT2D eigenvalue weighted by atomic mass is 15.3. The zero-order valence-corrected chi connectivity index (χ0v) is 13.6. The summed E-state index contributed by atoms with van der Waals surface area (Å²) in [5.74, 6) is 0.959. The first-order chi connectivity index (χ1) is 9.97. The Morgan fingerprint density at radius 3 is 2.71 bits per heavy atom. The predicted molar refractivity (Wildman–Crippen MR) is 88.9 cm³/mol. The standard InChI is InChI=1S/C16H25N5/c1-7-15(14-8-9-18-12(2)10-14)20-19-13(3)11-16(17-4)21(5)6/h8-11,17,19H,3,7H2,1-2,4-6H3/b16-11-,20-15+. The summed E-state index contributed by atoms with van der Waals surface area (Å²) in [7, 11) is 5.81. The van der Waals surface area contributed by atoms with Crippen molar-refractivity contribution in [2.24, 2.45) is 5.10 Å². The Balaban J connectivity index is 2.84. The van der Waals surface area contributed by atoms with Crippen molar-refractivity contribution in [1.29, 1.82) is 0 Å². The summed E-state index contributed by atoms with van der Waals surface area (Å²) < 4.78 is 0. The normalized spacial score (nSPS) is 12.0. The molecule has 0 saturated carbocycles. The monoisotopic (exact) mass is 287 g/mol. The van der Waals surface area contributed by atoms with Crippen LogP contribution < -0.4 is 10.7 Å². The van der Waals surface area contributed by atoms with Crippen LogP contribution in [0.5, 0.6) is 0 Å². The molecule has 0 fully saturated rings. The molecular weight excluding hydrogens is 262 g/mol. The number of aryl methyl sites for hydroxylation is 1. The van der Waals surface area contributed by atoms with Gasteiger partial charge in [0.1, 0.15) is 5.82 Å². The van der Waals surface area contributed by atoms with Gasteiger partial charge >= 0.3 is 0 Å². The summed E-state index contributed by atoms with van der Waals surface area (Å²) in [5.41, 5.74) is 6.77. The number of hydrogen-bond donors (Lipinski definition) is 2. The third-order valence-corrected chi connectivity index (χ3v) is 2.95. The number of allylic oxidation sites excluding steroid dienone is 1. The molecule has 0 saturated heterocycles. The molecule has 0 aliphatic rings. The van der Waals surface area contributed by atoms with Crippen LogP contribution in [0.2, 0.25) is 0 Å². The Labute approximate surface area is 127 Å². The molecule has 0 atom stereocenters. The predicted octanol–water partition coefficient (Wildman–Crippen LogP) is 2.23.